The van der Waals surface area contributed by atoms with Crippen molar-refractivity contribution in [2.45, 2.75) is 39.3 Å². The molecule has 2 aliphatic heterocycles. The Morgan fingerprint density at radius 3 is 3.03 bits per heavy atom. The predicted octanol–water partition coefficient (Wildman–Crippen LogP) is 2.68. The van der Waals surface area contributed by atoms with Gasteiger partial charge in [-0.25, -0.2) is 4.98 Å². The third kappa shape index (κ3) is 2.80. The number of nitrogens with zero attached hydrogens (tertiary/aromatic N) is 2. The molecule has 0 aliphatic carbocycles. The van der Waals surface area contributed by atoms with Crippen LogP contribution in [-0.2, 0) is 17.8 Å². The van der Waals surface area contributed by atoms with Crippen LogP contribution in [-0.4, -0.2) is 27.5 Å². The van der Waals surface area contributed by atoms with Crippen LogP contribution >= 0.6 is 11.3 Å². The van der Waals surface area contributed by atoms with E-state index in [4.69, 9.17) is 4.74 Å². The Hall–Kier alpha value is -3.20. The standard InChI is InChI=1S/C20H18N4O4S/c1-9-15-19(23-14-4-3-7-24(14)20(15)27)29-16(9)18(26)21-11-5-6-13-12(8-11)22-17(25)10(2)28-13/h5-6,8,10H,3-4,7H2,1-2H3,(H,21,26)(H,22,25). The van der Waals surface area contributed by atoms with Crippen molar-refractivity contribution in [1.82, 2.24) is 9.55 Å². The number of nitrogens with one attached hydrogen (secondary N) is 2. The molecule has 9 heteroatoms. The van der Waals surface area contributed by atoms with Crippen molar-refractivity contribution in [3.8, 4) is 5.75 Å². The smallest absolute Gasteiger partial charge is 0.266 e. The second kappa shape index (κ2) is 6.41. The highest BCUT2D eigenvalue weighted by Gasteiger charge is 2.25. The van der Waals surface area contributed by atoms with Gasteiger partial charge in [0.1, 0.15) is 16.4 Å². The number of amides is 2. The molecule has 0 saturated heterocycles. The van der Waals surface area contributed by atoms with Gasteiger partial charge in [-0.2, -0.15) is 0 Å². The van der Waals surface area contributed by atoms with Crippen LogP contribution in [0, 0.1) is 6.92 Å². The van der Waals surface area contributed by atoms with Crippen molar-refractivity contribution >= 4 is 44.7 Å². The summed E-state index contributed by atoms with van der Waals surface area (Å²) in [4.78, 5) is 43.2. The van der Waals surface area contributed by atoms with Gasteiger partial charge in [-0.15, -0.1) is 11.3 Å². The molecule has 1 aromatic carbocycles. The van der Waals surface area contributed by atoms with E-state index in [-0.39, 0.29) is 17.4 Å². The van der Waals surface area contributed by atoms with E-state index in [2.05, 4.69) is 15.6 Å². The van der Waals surface area contributed by atoms with E-state index >= 15 is 0 Å². The first-order valence-electron chi connectivity index (χ1n) is 9.38. The minimum atomic E-state index is -0.558. The number of rotatable bonds is 2. The summed E-state index contributed by atoms with van der Waals surface area (Å²) in [6, 6.07) is 5.07. The van der Waals surface area contributed by atoms with Crippen molar-refractivity contribution in [3.63, 3.8) is 0 Å². The van der Waals surface area contributed by atoms with E-state index in [9.17, 15) is 14.4 Å². The molecule has 0 bridgehead atoms. The Kier molecular flexibility index (Phi) is 3.95. The largest absolute Gasteiger partial charge is 0.479 e. The molecule has 4 heterocycles. The number of benzene rings is 1. The number of carbonyl (C=O) groups excluding carboxylic acids is 2. The van der Waals surface area contributed by atoms with Gasteiger partial charge in [-0.05, 0) is 44.0 Å². The van der Waals surface area contributed by atoms with Crippen molar-refractivity contribution in [1.29, 1.82) is 0 Å². The highest BCUT2D eigenvalue weighted by atomic mass is 32.1. The molecule has 2 aromatic heterocycles. The van der Waals surface area contributed by atoms with Gasteiger partial charge in [0.15, 0.2) is 6.10 Å². The van der Waals surface area contributed by atoms with Crippen LogP contribution in [0.3, 0.4) is 0 Å². The molecule has 0 fully saturated rings. The average Bonchev–Trinajstić information content (AvgIpc) is 3.28. The summed E-state index contributed by atoms with van der Waals surface area (Å²) in [5.74, 6) is 0.794. The number of hydrogen-bond donors (Lipinski definition) is 2. The lowest BCUT2D eigenvalue weighted by Gasteiger charge is -2.23. The number of fused-ring (bicyclic) bond motifs is 3. The monoisotopic (exact) mass is 410 g/mol. The zero-order valence-electron chi connectivity index (χ0n) is 15.9. The molecule has 1 atom stereocenters. The topological polar surface area (TPSA) is 102 Å². The molecular weight excluding hydrogens is 392 g/mol. The lowest BCUT2D eigenvalue weighted by molar-refractivity contribution is -0.122. The van der Waals surface area contributed by atoms with Gasteiger partial charge in [0.2, 0.25) is 0 Å². The van der Waals surface area contributed by atoms with Gasteiger partial charge in [-0.1, -0.05) is 0 Å². The summed E-state index contributed by atoms with van der Waals surface area (Å²) in [5, 5.41) is 6.12. The van der Waals surface area contributed by atoms with E-state index in [0.29, 0.717) is 44.3 Å². The summed E-state index contributed by atoms with van der Waals surface area (Å²) >= 11 is 1.23. The number of thiophene rings is 1. The first kappa shape index (κ1) is 17.9. The predicted molar refractivity (Wildman–Crippen MR) is 110 cm³/mol. The second-order valence-corrected chi connectivity index (χ2v) is 8.24. The van der Waals surface area contributed by atoms with Gasteiger partial charge in [-0.3, -0.25) is 19.0 Å². The molecule has 2 amide bonds. The number of carbonyl (C=O) groups is 2. The number of ether oxygens (including phenoxy) is 1. The van der Waals surface area contributed by atoms with E-state index in [1.165, 1.54) is 11.3 Å². The summed E-state index contributed by atoms with van der Waals surface area (Å²) in [6.07, 6.45) is 1.14. The first-order valence-corrected chi connectivity index (χ1v) is 10.2. The minimum Gasteiger partial charge on any atom is -0.479 e. The van der Waals surface area contributed by atoms with E-state index in [1.54, 1.807) is 36.6 Å². The molecule has 29 heavy (non-hydrogen) atoms. The van der Waals surface area contributed by atoms with Crippen LogP contribution in [0.5, 0.6) is 5.75 Å². The average molecular weight is 410 g/mol. The molecule has 148 valence electrons. The maximum atomic E-state index is 12.9. The molecule has 8 nitrogen and oxygen atoms in total. The zero-order valence-corrected chi connectivity index (χ0v) is 16.7. The van der Waals surface area contributed by atoms with Crippen LogP contribution in [0.2, 0.25) is 0 Å². The summed E-state index contributed by atoms with van der Waals surface area (Å²) < 4.78 is 7.24. The molecule has 2 aliphatic rings. The van der Waals surface area contributed by atoms with Crippen LogP contribution in [0.4, 0.5) is 11.4 Å². The Labute approximate surface area is 169 Å². The Bertz CT molecular complexity index is 1260. The molecule has 0 saturated carbocycles. The number of hydrogen-bond acceptors (Lipinski definition) is 6. The third-order valence-electron chi connectivity index (χ3n) is 5.29. The molecule has 0 spiro atoms. The zero-order chi connectivity index (χ0) is 20.3. The third-order valence-corrected chi connectivity index (χ3v) is 6.47. The van der Waals surface area contributed by atoms with Crippen LogP contribution in [0.15, 0.2) is 23.0 Å². The van der Waals surface area contributed by atoms with Crippen molar-refractivity contribution < 1.29 is 14.3 Å². The summed E-state index contributed by atoms with van der Waals surface area (Å²) in [5.41, 5.74) is 1.61. The number of anilines is 2. The van der Waals surface area contributed by atoms with Gasteiger partial charge in [0, 0.05) is 18.7 Å². The van der Waals surface area contributed by atoms with Gasteiger partial charge in [0.25, 0.3) is 17.4 Å². The Morgan fingerprint density at radius 1 is 1.38 bits per heavy atom. The first-order chi connectivity index (χ1) is 13.9. The molecule has 3 aromatic rings. The number of aromatic nitrogens is 2. The lowest BCUT2D eigenvalue weighted by atomic mass is 10.2. The van der Waals surface area contributed by atoms with Crippen LogP contribution in [0.1, 0.15) is 34.4 Å². The lowest BCUT2D eigenvalue weighted by Crippen LogP contribution is -2.34. The minimum absolute atomic E-state index is 0.0712. The van der Waals surface area contributed by atoms with Crippen LogP contribution in [0.25, 0.3) is 10.2 Å². The number of aryl methyl sites for hydroxylation is 2. The fourth-order valence-corrected chi connectivity index (χ4v) is 4.85. The van der Waals surface area contributed by atoms with Crippen molar-refractivity contribution in [2.24, 2.45) is 0 Å². The Morgan fingerprint density at radius 2 is 2.21 bits per heavy atom. The fourth-order valence-electron chi connectivity index (χ4n) is 3.77. The quantitative estimate of drug-likeness (QED) is 0.676. The summed E-state index contributed by atoms with van der Waals surface area (Å²) in [6.45, 7) is 4.13. The highest BCUT2D eigenvalue weighted by Crippen LogP contribution is 2.33. The van der Waals surface area contributed by atoms with E-state index in [1.807, 2.05) is 0 Å². The second-order valence-electron chi connectivity index (χ2n) is 7.24. The van der Waals surface area contributed by atoms with E-state index < -0.39 is 6.10 Å². The fraction of sp³-hybridized carbons (Fsp3) is 0.300. The summed E-state index contributed by atoms with van der Waals surface area (Å²) in [7, 11) is 0. The molecular formula is C20H18N4O4S. The Balaban J connectivity index is 1.48. The van der Waals surface area contributed by atoms with Gasteiger partial charge >= 0.3 is 0 Å². The molecule has 0 radical (unpaired) electrons. The van der Waals surface area contributed by atoms with Crippen LogP contribution < -0.4 is 20.9 Å². The van der Waals surface area contributed by atoms with Crippen molar-refractivity contribution in [2.75, 3.05) is 10.6 Å². The van der Waals surface area contributed by atoms with Gasteiger partial charge < -0.3 is 15.4 Å². The maximum absolute atomic E-state index is 12.9. The SMILES string of the molecule is Cc1c(C(=O)Nc2ccc3c(c2)NC(=O)C(C)O3)sc2nc3n(c(=O)c12)CCC3. The molecule has 5 rings (SSSR count). The van der Waals surface area contributed by atoms with Crippen molar-refractivity contribution in [3.05, 3.63) is 44.8 Å². The molecule has 2 N–H and O–H groups in total. The van der Waals surface area contributed by atoms with Gasteiger partial charge in [0.05, 0.1) is 16.0 Å². The highest BCUT2D eigenvalue weighted by molar-refractivity contribution is 7.20. The molecule has 1 unspecified atom stereocenters. The normalized spacial score (nSPS) is 17.4. The maximum Gasteiger partial charge on any atom is 0.266 e. The van der Waals surface area contributed by atoms with E-state index in [0.717, 1.165) is 18.7 Å².